The SMILES string of the molecule is CCCCCC(C)C(C)c1cc(O)c2c(c1)OC(C)(C)C1=C2C(CC)N(CC(=O)O)CC1. The van der Waals surface area contributed by atoms with Gasteiger partial charge in [0.1, 0.15) is 17.1 Å². The van der Waals surface area contributed by atoms with Gasteiger partial charge in [0.15, 0.2) is 0 Å². The Morgan fingerprint density at radius 3 is 2.59 bits per heavy atom. The molecule has 5 nitrogen and oxygen atoms in total. The number of benzene rings is 1. The van der Waals surface area contributed by atoms with Gasteiger partial charge in [-0.3, -0.25) is 9.69 Å². The molecule has 0 amide bonds. The van der Waals surface area contributed by atoms with E-state index in [1.807, 2.05) is 11.0 Å². The largest absolute Gasteiger partial charge is 0.507 e. The van der Waals surface area contributed by atoms with Crippen LogP contribution in [-0.4, -0.2) is 45.8 Å². The summed E-state index contributed by atoms with van der Waals surface area (Å²) < 4.78 is 6.50. The number of hydrogen-bond donors (Lipinski definition) is 2. The number of carboxylic acids is 1. The Hall–Kier alpha value is -2.01. The van der Waals surface area contributed by atoms with E-state index in [4.69, 9.17) is 4.74 Å². The predicted octanol–water partition coefficient (Wildman–Crippen LogP) is 6.21. The van der Waals surface area contributed by atoms with E-state index in [0.29, 0.717) is 18.4 Å². The summed E-state index contributed by atoms with van der Waals surface area (Å²) in [5.41, 5.74) is 3.64. The molecule has 3 rings (SSSR count). The second-order valence-corrected chi connectivity index (χ2v) is 10.2. The summed E-state index contributed by atoms with van der Waals surface area (Å²) in [5, 5.41) is 20.6. The number of hydrogen-bond acceptors (Lipinski definition) is 4. The van der Waals surface area contributed by atoms with Gasteiger partial charge in [-0.25, -0.2) is 0 Å². The van der Waals surface area contributed by atoms with Crippen LogP contribution in [0.15, 0.2) is 17.7 Å². The Morgan fingerprint density at radius 2 is 1.97 bits per heavy atom. The first-order valence-corrected chi connectivity index (χ1v) is 12.4. The number of ether oxygens (including phenoxy) is 1. The van der Waals surface area contributed by atoms with Crippen LogP contribution in [0, 0.1) is 5.92 Å². The number of phenols is 1. The van der Waals surface area contributed by atoms with E-state index < -0.39 is 11.6 Å². The van der Waals surface area contributed by atoms with Gasteiger partial charge in [-0.05, 0) is 67.4 Å². The van der Waals surface area contributed by atoms with Crippen molar-refractivity contribution in [2.24, 2.45) is 5.92 Å². The lowest BCUT2D eigenvalue weighted by molar-refractivity contribution is -0.138. The third kappa shape index (κ3) is 4.83. The van der Waals surface area contributed by atoms with Crippen molar-refractivity contribution in [3.8, 4) is 11.5 Å². The molecule has 1 aromatic rings. The highest BCUT2D eigenvalue weighted by molar-refractivity contribution is 5.84. The van der Waals surface area contributed by atoms with Crippen LogP contribution in [0.1, 0.15) is 97.1 Å². The van der Waals surface area contributed by atoms with Gasteiger partial charge in [-0.1, -0.05) is 53.4 Å². The zero-order valence-corrected chi connectivity index (χ0v) is 20.7. The topological polar surface area (TPSA) is 70.0 Å². The highest BCUT2D eigenvalue weighted by atomic mass is 16.5. The minimum absolute atomic E-state index is 0.0110. The molecule has 0 saturated carbocycles. The quantitative estimate of drug-likeness (QED) is 0.444. The van der Waals surface area contributed by atoms with E-state index >= 15 is 0 Å². The van der Waals surface area contributed by atoms with Gasteiger partial charge < -0.3 is 14.9 Å². The molecule has 0 saturated heterocycles. The molecule has 2 aliphatic heterocycles. The lowest BCUT2D eigenvalue weighted by Gasteiger charge is -2.46. The molecule has 32 heavy (non-hydrogen) atoms. The van der Waals surface area contributed by atoms with Gasteiger partial charge in [0.2, 0.25) is 0 Å². The van der Waals surface area contributed by atoms with Crippen LogP contribution in [-0.2, 0) is 4.79 Å². The summed E-state index contributed by atoms with van der Waals surface area (Å²) in [6, 6.07) is 3.98. The normalized spacial score (nSPS) is 22.0. The van der Waals surface area contributed by atoms with Crippen molar-refractivity contribution in [3.05, 3.63) is 28.8 Å². The second-order valence-electron chi connectivity index (χ2n) is 10.2. The minimum atomic E-state index is -0.815. The molecule has 1 aromatic carbocycles. The molecule has 3 atom stereocenters. The maximum absolute atomic E-state index is 11.5. The molecule has 2 N–H and O–H groups in total. The predicted molar refractivity (Wildman–Crippen MR) is 129 cm³/mol. The smallest absolute Gasteiger partial charge is 0.317 e. The minimum Gasteiger partial charge on any atom is -0.507 e. The van der Waals surface area contributed by atoms with Crippen molar-refractivity contribution in [1.29, 1.82) is 0 Å². The first-order valence-electron chi connectivity index (χ1n) is 12.4. The van der Waals surface area contributed by atoms with E-state index in [2.05, 4.69) is 47.6 Å². The number of fused-ring (bicyclic) bond motifs is 2. The van der Waals surface area contributed by atoms with Gasteiger partial charge in [0.05, 0.1) is 12.1 Å². The van der Waals surface area contributed by atoms with Crippen LogP contribution in [0.25, 0.3) is 5.57 Å². The van der Waals surface area contributed by atoms with E-state index in [0.717, 1.165) is 35.3 Å². The number of nitrogens with zero attached hydrogens (tertiary/aromatic N) is 1. The lowest BCUT2D eigenvalue weighted by atomic mass is 9.76. The fraction of sp³-hybridized carbons (Fsp3) is 0.667. The number of aliphatic carboxylic acids is 1. The van der Waals surface area contributed by atoms with Gasteiger partial charge in [-0.2, -0.15) is 0 Å². The Morgan fingerprint density at radius 1 is 1.25 bits per heavy atom. The molecule has 3 unspecified atom stereocenters. The van der Waals surface area contributed by atoms with E-state index in [-0.39, 0.29) is 18.3 Å². The zero-order valence-electron chi connectivity index (χ0n) is 20.7. The fourth-order valence-electron chi connectivity index (χ4n) is 5.56. The summed E-state index contributed by atoms with van der Waals surface area (Å²) >= 11 is 0. The molecule has 2 aliphatic rings. The molecule has 0 aliphatic carbocycles. The number of carboxylic acid groups (broad SMARTS) is 1. The summed E-state index contributed by atoms with van der Waals surface area (Å²) in [6.45, 7) is 13.7. The summed E-state index contributed by atoms with van der Waals surface area (Å²) in [7, 11) is 0. The van der Waals surface area contributed by atoms with Crippen molar-refractivity contribution in [1.82, 2.24) is 4.90 Å². The number of unbranched alkanes of at least 4 members (excludes halogenated alkanes) is 2. The van der Waals surface area contributed by atoms with E-state index in [9.17, 15) is 15.0 Å². The molecule has 0 radical (unpaired) electrons. The van der Waals surface area contributed by atoms with Crippen molar-refractivity contribution in [2.45, 2.75) is 97.6 Å². The number of phenolic OH excluding ortho intramolecular Hbond substituents is 1. The van der Waals surface area contributed by atoms with Crippen molar-refractivity contribution in [2.75, 3.05) is 13.1 Å². The van der Waals surface area contributed by atoms with Gasteiger partial charge in [0.25, 0.3) is 0 Å². The molecule has 5 heteroatoms. The number of aromatic hydroxyl groups is 1. The number of carbonyl (C=O) groups is 1. The highest BCUT2D eigenvalue weighted by Crippen LogP contribution is 2.51. The molecule has 0 fully saturated rings. The zero-order chi connectivity index (χ0) is 23.6. The average Bonchev–Trinajstić information content (AvgIpc) is 2.71. The van der Waals surface area contributed by atoms with E-state index in [1.165, 1.54) is 31.3 Å². The standard InChI is InChI=1S/C27H41NO4/c1-7-9-10-11-17(3)18(4)19-14-22(29)26-23(15-19)32-27(5,6)20-12-13-28(16-24(30)31)21(8-2)25(20)26/h14-15,17-18,21,29H,7-13,16H2,1-6H3,(H,30,31). The first kappa shape index (κ1) is 24.6. The van der Waals surface area contributed by atoms with Crippen LogP contribution in [0.3, 0.4) is 0 Å². The average molecular weight is 444 g/mol. The monoisotopic (exact) mass is 443 g/mol. The second kappa shape index (κ2) is 9.86. The molecular formula is C27H41NO4. The third-order valence-electron chi connectivity index (χ3n) is 7.58. The Kier molecular flexibility index (Phi) is 7.59. The number of rotatable bonds is 9. The van der Waals surface area contributed by atoms with Crippen LogP contribution >= 0.6 is 0 Å². The van der Waals surface area contributed by atoms with Crippen molar-refractivity contribution in [3.63, 3.8) is 0 Å². The van der Waals surface area contributed by atoms with Gasteiger partial charge in [-0.15, -0.1) is 0 Å². The molecule has 0 aromatic heterocycles. The lowest BCUT2D eigenvalue weighted by Crippen LogP contribution is -2.48. The molecule has 2 heterocycles. The van der Waals surface area contributed by atoms with Crippen molar-refractivity contribution >= 4 is 11.5 Å². The van der Waals surface area contributed by atoms with Crippen LogP contribution in [0.2, 0.25) is 0 Å². The Balaban J connectivity index is 2.02. The van der Waals surface area contributed by atoms with Gasteiger partial charge in [0, 0.05) is 12.6 Å². The summed E-state index contributed by atoms with van der Waals surface area (Å²) in [6.07, 6.45) is 6.42. The van der Waals surface area contributed by atoms with E-state index in [1.54, 1.807) is 0 Å². The molecular weight excluding hydrogens is 402 g/mol. The van der Waals surface area contributed by atoms with Crippen LogP contribution < -0.4 is 4.74 Å². The molecule has 0 spiro atoms. The summed E-state index contributed by atoms with van der Waals surface area (Å²) in [4.78, 5) is 13.5. The van der Waals surface area contributed by atoms with Crippen LogP contribution in [0.4, 0.5) is 0 Å². The Labute approximate surface area is 193 Å². The van der Waals surface area contributed by atoms with Gasteiger partial charge >= 0.3 is 5.97 Å². The summed E-state index contributed by atoms with van der Waals surface area (Å²) in [5.74, 6) is 1.01. The maximum Gasteiger partial charge on any atom is 0.317 e. The van der Waals surface area contributed by atoms with Crippen LogP contribution in [0.5, 0.6) is 11.5 Å². The fourth-order valence-corrected chi connectivity index (χ4v) is 5.56. The first-order chi connectivity index (χ1) is 15.1. The highest BCUT2D eigenvalue weighted by Gasteiger charge is 2.43. The Bertz CT molecular complexity index is 873. The molecule has 178 valence electrons. The van der Waals surface area contributed by atoms with Crippen molar-refractivity contribution < 1.29 is 19.7 Å². The third-order valence-corrected chi connectivity index (χ3v) is 7.58. The maximum atomic E-state index is 11.5. The molecule has 0 bridgehead atoms.